The van der Waals surface area contributed by atoms with Crippen LogP contribution in [0.25, 0.3) is 0 Å². The minimum Gasteiger partial charge on any atom is -0.548 e. The highest BCUT2D eigenvalue weighted by Gasteiger charge is 2.24. The molecule has 1 aromatic carbocycles. The molecule has 0 bridgehead atoms. The van der Waals surface area contributed by atoms with Crippen molar-refractivity contribution in [1.82, 2.24) is 0 Å². The number of nitro benzene ring substituents is 1. The van der Waals surface area contributed by atoms with E-state index in [0.29, 0.717) is 31.4 Å². The number of aliphatic carboxylic acids is 1. The molecule has 0 radical (unpaired) electrons. The molecule has 1 aromatic rings. The van der Waals surface area contributed by atoms with Crippen LogP contribution >= 0.6 is 0 Å². The van der Waals surface area contributed by atoms with Gasteiger partial charge in [0.25, 0.3) is 12.1 Å². The Morgan fingerprint density at radius 3 is 2.54 bits per heavy atom. The largest absolute Gasteiger partial charge is 0.548 e. The first-order chi connectivity index (χ1) is 11.4. The molecule has 1 aliphatic carbocycles. The molecule has 0 spiro atoms. The number of carbonyl (C=O) groups excluding carboxylic acids is 1. The monoisotopic (exact) mass is 343 g/mol. The molecule has 1 saturated carbocycles. The number of benzene rings is 1. The van der Waals surface area contributed by atoms with Crippen LogP contribution in [0.5, 0.6) is 0 Å². The van der Waals surface area contributed by atoms with E-state index < -0.39 is 35.2 Å². The van der Waals surface area contributed by atoms with E-state index in [2.05, 4.69) is 5.32 Å². The predicted octanol–water partition coefficient (Wildman–Crippen LogP) is 2.02. The molecular weight excluding hydrogens is 326 g/mol. The van der Waals surface area contributed by atoms with E-state index in [1.807, 2.05) is 0 Å². The fraction of sp³-hybridized carbons (Fsp3) is 0.533. The Labute approximate surface area is 136 Å². The van der Waals surface area contributed by atoms with E-state index >= 15 is 0 Å². The van der Waals surface area contributed by atoms with Crippen LogP contribution in [-0.4, -0.2) is 29.6 Å². The van der Waals surface area contributed by atoms with Gasteiger partial charge in [0.1, 0.15) is 0 Å². The van der Waals surface area contributed by atoms with E-state index in [9.17, 15) is 28.8 Å². The molecule has 24 heavy (non-hydrogen) atoms. The van der Waals surface area contributed by atoms with Gasteiger partial charge in [0, 0.05) is 17.8 Å². The molecule has 132 valence electrons. The van der Waals surface area contributed by atoms with Crippen molar-refractivity contribution in [3.63, 3.8) is 0 Å². The van der Waals surface area contributed by atoms with Crippen LogP contribution in [0.1, 0.15) is 37.7 Å². The Hall–Kier alpha value is -2.29. The van der Waals surface area contributed by atoms with Crippen molar-refractivity contribution in [1.29, 1.82) is 0 Å². The third-order valence-corrected chi connectivity index (χ3v) is 3.94. The fourth-order valence-electron chi connectivity index (χ4n) is 2.78. The third-order valence-electron chi connectivity index (χ3n) is 3.94. The van der Waals surface area contributed by atoms with Crippen LogP contribution in [0.15, 0.2) is 18.2 Å². The molecule has 2 rings (SSSR count). The first kappa shape index (κ1) is 18.1. The number of hydrogen-bond acceptors (Lipinski definition) is 6. The summed E-state index contributed by atoms with van der Waals surface area (Å²) in [7, 11) is 0. The number of nitrogens with one attached hydrogen (secondary N) is 1. The summed E-state index contributed by atoms with van der Waals surface area (Å²) in [5, 5.41) is 24.2. The van der Waals surface area contributed by atoms with Gasteiger partial charge in [0.2, 0.25) is 0 Å². The molecule has 0 aromatic heterocycles. The second-order valence-corrected chi connectivity index (χ2v) is 5.63. The standard InChI is InChI=1S/C15H18F2N2O5/c16-15(17)12-7-10(3-6-13(12)19(22)23)18-9-1-4-11(5-2-9)24-8-14(20)21/h3,6-7,9,11,15,18H,1-2,4-5,8H2,(H,20,21)/p-1. The Balaban J connectivity index is 1.94. The second kappa shape index (κ2) is 8.00. The smallest absolute Gasteiger partial charge is 0.278 e. The number of hydrogen-bond donors (Lipinski definition) is 1. The molecule has 0 unspecified atom stereocenters. The maximum atomic E-state index is 12.9. The number of carbonyl (C=O) groups is 1. The third kappa shape index (κ3) is 4.85. The number of ether oxygens (including phenoxy) is 1. The van der Waals surface area contributed by atoms with Gasteiger partial charge < -0.3 is 20.0 Å². The summed E-state index contributed by atoms with van der Waals surface area (Å²) in [6.45, 7) is -0.442. The van der Waals surface area contributed by atoms with Gasteiger partial charge in [-0.1, -0.05) is 0 Å². The molecule has 1 fully saturated rings. The van der Waals surface area contributed by atoms with Crippen molar-refractivity contribution in [3.05, 3.63) is 33.9 Å². The Morgan fingerprint density at radius 2 is 2.00 bits per heavy atom. The number of carboxylic acids is 1. The summed E-state index contributed by atoms with van der Waals surface area (Å²) in [5.41, 5.74) is -0.819. The van der Waals surface area contributed by atoms with Crippen LogP contribution in [0.4, 0.5) is 20.2 Å². The summed E-state index contributed by atoms with van der Waals surface area (Å²) < 4.78 is 31.1. The van der Waals surface area contributed by atoms with E-state index in [-0.39, 0.29) is 12.1 Å². The maximum absolute atomic E-state index is 12.9. The summed E-state index contributed by atoms with van der Waals surface area (Å²) >= 11 is 0. The van der Waals surface area contributed by atoms with Gasteiger partial charge in [-0.25, -0.2) is 8.78 Å². The SMILES string of the molecule is O=C([O-])COC1CCC(Nc2ccc([N+](=O)[O-])c(C(F)F)c2)CC1. The lowest BCUT2D eigenvalue weighted by Gasteiger charge is -2.30. The molecule has 9 heteroatoms. The molecule has 0 amide bonds. The zero-order valence-electron chi connectivity index (χ0n) is 12.7. The zero-order valence-corrected chi connectivity index (χ0v) is 12.7. The molecule has 1 aliphatic rings. The van der Waals surface area contributed by atoms with E-state index in [0.717, 1.165) is 12.1 Å². The lowest BCUT2D eigenvalue weighted by molar-refractivity contribution is -0.386. The van der Waals surface area contributed by atoms with Gasteiger partial charge in [-0.2, -0.15) is 0 Å². The Kier molecular flexibility index (Phi) is 6.02. The number of alkyl halides is 2. The number of halogens is 2. The quantitative estimate of drug-likeness (QED) is 0.600. The lowest BCUT2D eigenvalue weighted by Crippen LogP contribution is -2.34. The van der Waals surface area contributed by atoms with Gasteiger partial charge in [-0.3, -0.25) is 10.1 Å². The van der Waals surface area contributed by atoms with E-state index in [1.54, 1.807) is 0 Å². The number of rotatable bonds is 7. The maximum Gasteiger partial charge on any atom is 0.278 e. The van der Waals surface area contributed by atoms with Crippen molar-refractivity contribution < 1.29 is 28.3 Å². The van der Waals surface area contributed by atoms with Gasteiger partial charge in [0.15, 0.2) is 0 Å². The number of nitrogens with zero attached hydrogens (tertiary/aromatic N) is 1. The number of anilines is 1. The van der Waals surface area contributed by atoms with E-state index in [4.69, 9.17) is 4.74 Å². The first-order valence-electron chi connectivity index (χ1n) is 7.51. The lowest BCUT2D eigenvalue weighted by atomic mass is 9.92. The van der Waals surface area contributed by atoms with Gasteiger partial charge in [-0.05, 0) is 37.8 Å². The van der Waals surface area contributed by atoms with Gasteiger partial charge in [0.05, 0.1) is 29.2 Å². The summed E-state index contributed by atoms with van der Waals surface area (Å²) in [6, 6.07) is 3.59. The van der Waals surface area contributed by atoms with Crippen LogP contribution in [0.3, 0.4) is 0 Å². The second-order valence-electron chi connectivity index (χ2n) is 5.63. The summed E-state index contributed by atoms with van der Waals surface area (Å²) in [5.74, 6) is -1.26. The normalized spacial score (nSPS) is 20.8. The molecule has 0 aliphatic heterocycles. The van der Waals surface area contributed by atoms with Crippen molar-refractivity contribution >= 4 is 17.3 Å². The van der Waals surface area contributed by atoms with Crippen molar-refractivity contribution in [2.75, 3.05) is 11.9 Å². The van der Waals surface area contributed by atoms with Crippen molar-refractivity contribution in [2.45, 2.75) is 44.3 Å². The molecule has 0 heterocycles. The van der Waals surface area contributed by atoms with Gasteiger partial charge in [-0.15, -0.1) is 0 Å². The minimum absolute atomic E-state index is 0.0137. The number of carboxylic acid groups (broad SMARTS) is 1. The van der Waals surface area contributed by atoms with Crippen molar-refractivity contribution in [3.8, 4) is 0 Å². The molecular formula is C15H17F2N2O5-. The van der Waals surface area contributed by atoms with Crippen LogP contribution < -0.4 is 10.4 Å². The topological polar surface area (TPSA) is 105 Å². The molecule has 7 nitrogen and oxygen atoms in total. The first-order valence-corrected chi connectivity index (χ1v) is 7.51. The van der Waals surface area contributed by atoms with Crippen LogP contribution in [-0.2, 0) is 9.53 Å². The van der Waals surface area contributed by atoms with Crippen LogP contribution in [0.2, 0.25) is 0 Å². The highest BCUT2D eigenvalue weighted by Crippen LogP contribution is 2.32. The Morgan fingerprint density at radius 1 is 1.33 bits per heavy atom. The molecule has 1 N–H and O–H groups in total. The molecule has 0 saturated heterocycles. The zero-order chi connectivity index (χ0) is 17.7. The summed E-state index contributed by atoms with van der Waals surface area (Å²) in [4.78, 5) is 20.3. The number of nitro groups is 1. The summed E-state index contributed by atoms with van der Waals surface area (Å²) in [6.07, 6.45) is -0.452. The highest BCUT2D eigenvalue weighted by atomic mass is 19.3. The average molecular weight is 343 g/mol. The average Bonchev–Trinajstić information content (AvgIpc) is 2.53. The van der Waals surface area contributed by atoms with Crippen LogP contribution in [0, 0.1) is 10.1 Å². The Bertz CT molecular complexity index is 604. The fourth-order valence-corrected chi connectivity index (χ4v) is 2.78. The molecule has 0 atom stereocenters. The van der Waals surface area contributed by atoms with Crippen molar-refractivity contribution in [2.24, 2.45) is 0 Å². The van der Waals surface area contributed by atoms with E-state index in [1.165, 1.54) is 6.07 Å². The predicted molar refractivity (Wildman–Crippen MR) is 78.7 cm³/mol. The van der Waals surface area contributed by atoms with Gasteiger partial charge >= 0.3 is 0 Å². The minimum atomic E-state index is -2.93. The highest BCUT2D eigenvalue weighted by molar-refractivity contribution is 5.65.